The number of carbonyl (C=O) groups excluding carboxylic acids is 2. The number of hydrogen-bond acceptors (Lipinski definition) is 6. The number of piperidine rings is 1. The maximum absolute atomic E-state index is 12.9. The first-order chi connectivity index (χ1) is 15.0. The van der Waals surface area contributed by atoms with Gasteiger partial charge in [-0.25, -0.2) is 0 Å². The van der Waals surface area contributed by atoms with Crippen molar-refractivity contribution in [2.24, 2.45) is 5.92 Å². The highest BCUT2D eigenvalue weighted by molar-refractivity contribution is 5.97. The average Bonchev–Trinajstić information content (AvgIpc) is 3.64. The lowest BCUT2D eigenvalue weighted by molar-refractivity contribution is -0.134. The first-order valence-electron chi connectivity index (χ1n) is 10.7. The number of benzene rings is 1. The van der Waals surface area contributed by atoms with Crippen molar-refractivity contribution in [1.82, 2.24) is 20.2 Å². The molecule has 2 fully saturated rings. The minimum Gasteiger partial charge on any atom is -0.497 e. The lowest BCUT2D eigenvalue weighted by atomic mass is 10.1. The normalized spacial score (nSPS) is 16.6. The Kier molecular flexibility index (Phi) is 6.34. The minimum absolute atomic E-state index is 0.0360. The van der Waals surface area contributed by atoms with Gasteiger partial charge in [-0.15, -0.1) is 0 Å². The molecule has 0 unspecified atom stereocenters. The summed E-state index contributed by atoms with van der Waals surface area (Å²) in [6, 6.07) is 5.22. The van der Waals surface area contributed by atoms with Crippen molar-refractivity contribution in [3.8, 4) is 11.5 Å². The molecule has 31 heavy (non-hydrogen) atoms. The Labute approximate surface area is 182 Å². The minimum atomic E-state index is -0.266. The molecule has 0 atom stereocenters. The van der Waals surface area contributed by atoms with Crippen LogP contribution in [0.2, 0.25) is 0 Å². The molecule has 2 amide bonds. The van der Waals surface area contributed by atoms with Crippen LogP contribution in [0.4, 0.5) is 0 Å². The number of nitrogens with one attached hydrogen (secondary N) is 1. The van der Waals surface area contributed by atoms with Gasteiger partial charge in [0.25, 0.3) is 5.91 Å². The van der Waals surface area contributed by atoms with E-state index in [9.17, 15) is 9.59 Å². The number of aryl methyl sites for hydroxylation is 1. The van der Waals surface area contributed by atoms with Gasteiger partial charge in [0.2, 0.25) is 5.91 Å². The van der Waals surface area contributed by atoms with Crippen LogP contribution in [0.5, 0.6) is 11.5 Å². The van der Waals surface area contributed by atoms with Crippen LogP contribution in [0.1, 0.15) is 47.4 Å². The number of hydrogen-bond donors (Lipinski definition) is 1. The van der Waals surface area contributed by atoms with Crippen molar-refractivity contribution in [1.29, 1.82) is 0 Å². The van der Waals surface area contributed by atoms with E-state index in [1.165, 1.54) is 0 Å². The van der Waals surface area contributed by atoms with Crippen molar-refractivity contribution >= 4 is 11.8 Å². The van der Waals surface area contributed by atoms with Gasteiger partial charge in [0.1, 0.15) is 17.6 Å². The third kappa shape index (κ3) is 5.31. The van der Waals surface area contributed by atoms with E-state index in [0.29, 0.717) is 35.8 Å². The number of carbonyl (C=O) groups is 2. The molecule has 1 aromatic carbocycles. The van der Waals surface area contributed by atoms with Crippen molar-refractivity contribution in [2.75, 3.05) is 20.2 Å². The van der Waals surface area contributed by atoms with E-state index >= 15 is 0 Å². The first-order valence-corrected chi connectivity index (χ1v) is 10.7. The highest BCUT2D eigenvalue weighted by atomic mass is 16.5. The van der Waals surface area contributed by atoms with E-state index in [1.54, 1.807) is 37.7 Å². The topological polar surface area (TPSA) is 93.7 Å². The van der Waals surface area contributed by atoms with Crippen molar-refractivity contribution < 1.29 is 19.1 Å². The number of amides is 2. The molecule has 1 aliphatic carbocycles. The number of nitrogens with zero attached hydrogens (tertiary/aromatic N) is 3. The van der Waals surface area contributed by atoms with Crippen LogP contribution in [0.15, 0.2) is 30.6 Å². The van der Waals surface area contributed by atoms with Gasteiger partial charge in [0, 0.05) is 38.0 Å². The van der Waals surface area contributed by atoms with Crippen LogP contribution >= 0.6 is 0 Å². The van der Waals surface area contributed by atoms with E-state index in [2.05, 4.69) is 15.3 Å². The summed E-state index contributed by atoms with van der Waals surface area (Å²) >= 11 is 0. The fourth-order valence-corrected chi connectivity index (χ4v) is 3.66. The quantitative estimate of drug-likeness (QED) is 0.734. The molecule has 4 rings (SSSR count). The molecule has 1 saturated carbocycles. The van der Waals surface area contributed by atoms with Crippen molar-refractivity contribution in [3.05, 3.63) is 47.5 Å². The van der Waals surface area contributed by atoms with Gasteiger partial charge in [-0.3, -0.25) is 19.6 Å². The molecule has 8 heteroatoms. The number of likely N-dealkylation sites (tertiary alicyclic amines) is 1. The summed E-state index contributed by atoms with van der Waals surface area (Å²) in [5.41, 5.74) is 1.91. The molecule has 2 aromatic rings. The molecular weight excluding hydrogens is 396 g/mol. The second-order valence-corrected chi connectivity index (χ2v) is 8.11. The van der Waals surface area contributed by atoms with Gasteiger partial charge < -0.3 is 19.7 Å². The Balaban J connectivity index is 1.39. The zero-order chi connectivity index (χ0) is 21.8. The Morgan fingerprint density at radius 2 is 1.90 bits per heavy atom. The van der Waals surface area contributed by atoms with E-state index in [0.717, 1.165) is 31.4 Å². The largest absolute Gasteiger partial charge is 0.497 e. The van der Waals surface area contributed by atoms with E-state index < -0.39 is 0 Å². The SMILES string of the molecule is COc1ccc(OC2CCN(C(=O)C3CC3)CC2)c(C(=O)NCc2cnc(C)cn2)c1. The second-order valence-electron chi connectivity index (χ2n) is 8.11. The molecule has 1 N–H and O–H groups in total. The maximum Gasteiger partial charge on any atom is 0.255 e. The summed E-state index contributed by atoms with van der Waals surface area (Å²) in [4.78, 5) is 35.6. The van der Waals surface area contributed by atoms with Gasteiger partial charge in [0.05, 0.1) is 36.8 Å². The lowest BCUT2D eigenvalue weighted by Gasteiger charge is -2.32. The Hall–Kier alpha value is -3.16. The third-order valence-corrected chi connectivity index (χ3v) is 5.67. The van der Waals surface area contributed by atoms with E-state index in [4.69, 9.17) is 9.47 Å². The molecule has 0 bridgehead atoms. The molecule has 0 spiro atoms. The first kappa shape index (κ1) is 21.1. The molecule has 1 saturated heterocycles. The molecule has 1 aromatic heterocycles. The van der Waals surface area contributed by atoms with E-state index in [1.807, 2.05) is 11.8 Å². The van der Waals surface area contributed by atoms with E-state index in [-0.39, 0.29) is 30.4 Å². The fraction of sp³-hybridized carbons (Fsp3) is 0.478. The summed E-state index contributed by atoms with van der Waals surface area (Å²) in [7, 11) is 1.56. The summed E-state index contributed by atoms with van der Waals surface area (Å²) in [5, 5.41) is 2.88. The monoisotopic (exact) mass is 424 g/mol. The Morgan fingerprint density at radius 3 is 2.55 bits per heavy atom. The molecule has 0 radical (unpaired) electrons. The molecule has 164 valence electrons. The van der Waals surface area contributed by atoms with Crippen LogP contribution in [-0.2, 0) is 11.3 Å². The lowest BCUT2D eigenvalue weighted by Crippen LogP contribution is -2.42. The van der Waals surface area contributed by atoms with Crippen LogP contribution in [-0.4, -0.2) is 53.0 Å². The summed E-state index contributed by atoms with van der Waals surface area (Å²) in [6.07, 6.45) is 6.83. The van der Waals surface area contributed by atoms with Gasteiger partial charge in [0.15, 0.2) is 0 Å². The highest BCUT2D eigenvalue weighted by Gasteiger charge is 2.35. The molecule has 2 heterocycles. The van der Waals surface area contributed by atoms with Crippen LogP contribution < -0.4 is 14.8 Å². The Bertz CT molecular complexity index is 935. The van der Waals surface area contributed by atoms with Crippen molar-refractivity contribution in [3.63, 3.8) is 0 Å². The molecular formula is C23H28N4O4. The smallest absolute Gasteiger partial charge is 0.255 e. The Morgan fingerprint density at radius 1 is 1.13 bits per heavy atom. The molecule has 8 nitrogen and oxygen atoms in total. The third-order valence-electron chi connectivity index (χ3n) is 5.67. The highest BCUT2D eigenvalue weighted by Crippen LogP contribution is 2.33. The predicted octanol–water partition coefficient (Wildman–Crippen LogP) is 2.50. The fourth-order valence-electron chi connectivity index (χ4n) is 3.66. The number of methoxy groups -OCH3 is 1. The number of ether oxygens (including phenoxy) is 2. The van der Waals surface area contributed by atoms with Crippen LogP contribution in [0, 0.1) is 12.8 Å². The van der Waals surface area contributed by atoms with Gasteiger partial charge >= 0.3 is 0 Å². The molecule has 2 aliphatic rings. The summed E-state index contributed by atoms with van der Waals surface area (Å²) in [6.45, 7) is 3.53. The number of rotatable bonds is 7. The zero-order valence-electron chi connectivity index (χ0n) is 18.0. The summed E-state index contributed by atoms with van der Waals surface area (Å²) < 4.78 is 11.5. The van der Waals surface area contributed by atoms with Crippen LogP contribution in [0.3, 0.4) is 0 Å². The van der Waals surface area contributed by atoms with Crippen LogP contribution in [0.25, 0.3) is 0 Å². The zero-order valence-corrected chi connectivity index (χ0v) is 18.0. The average molecular weight is 425 g/mol. The predicted molar refractivity (Wildman–Crippen MR) is 114 cm³/mol. The van der Waals surface area contributed by atoms with Crippen molar-refractivity contribution in [2.45, 2.75) is 45.3 Å². The van der Waals surface area contributed by atoms with Gasteiger partial charge in [-0.2, -0.15) is 0 Å². The second kappa shape index (κ2) is 9.32. The standard InChI is InChI=1S/C23H28N4O4/c1-15-12-25-17(13-24-15)14-26-22(28)20-11-19(30-2)5-6-21(20)31-18-7-9-27(10-8-18)23(29)16-3-4-16/h5-6,11-13,16,18H,3-4,7-10,14H2,1-2H3,(H,26,28). The van der Waals surface area contributed by atoms with Gasteiger partial charge in [-0.1, -0.05) is 0 Å². The molecule has 1 aliphatic heterocycles. The number of aromatic nitrogens is 2. The van der Waals surface area contributed by atoms with Gasteiger partial charge in [-0.05, 0) is 38.0 Å². The summed E-state index contributed by atoms with van der Waals surface area (Å²) in [5.74, 6) is 1.35. The maximum atomic E-state index is 12.9.